The van der Waals surface area contributed by atoms with E-state index >= 15 is 0 Å². The lowest BCUT2D eigenvalue weighted by Crippen LogP contribution is -2.42. The maximum absolute atomic E-state index is 11.5. The van der Waals surface area contributed by atoms with Crippen LogP contribution in [0.5, 0.6) is 0 Å². The van der Waals surface area contributed by atoms with Gasteiger partial charge >= 0.3 is 0 Å². The molecule has 0 aromatic heterocycles. The van der Waals surface area contributed by atoms with E-state index in [4.69, 9.17) is 0 Å². The third-order valence-electron chi connectivity index (χ3n) is 2.79. The van der Waals surface area contributed by atoms with Crippen LogP contribution in [0.15, 0.2) is 0 Å². The first-order chi connectivity index (χ1) is 6.74. The molecule has 0 bridgehead atoms. The third-order valence-corrected chi connectivity index (χ3v) is 3.88. The number of amides is 1. The Morgan fingerprint density at radius 3 is 2.79 bits per heavy atom. The van der Waals surface area contributed by atoms with Gasteiger partial charge in [0.25, 0.3) is 0 Å². The van der Waals surface area contributed by atoms with Gasteiger partial charge < -0.3 is 5.32 Å². The Bertz CT molecular complexity index is 184. The molecule has 0 aromatic carbocycles. The molecule has 0 aliphatic heterocycles. The molecular formula is C11H20BrNO. The van der Waals surface area contributed by atoms with E-state index in [9.17, 15) is 4.79 Å². The minimum Gasteiger partial charge on any atom is -0.352 e. The van der Waals surface area contributed by atoms with Crippen molar-refractivity contribution in [2.75, 3.05) is 0 Å². The maximum atomic E-state index is 11.5. The van der Waals surface area contributed by atoms with E-state index in [0.29, 0.717) is 17.3 Å². The van der Waals surface area contributed by atoms with Gasteiger partial charge in [-0.25, -0.2) is 0 Å². The van der Waals surface area contributed by atoms with Crippen LogP contribution in [0.2, 0.25) is 0 Å². The lowest BCUT2D eigenvalue weighted by molar-refractivity contribution is -0.122. The Morgan fingerprint density at radius 2 is 2.14 bits per heavy atom. The van der Waals surface area contributed by atoms with Crippen molar-refractivity contribution in [1.29, 1.82) is 0 Å². The maximum Gasteiger partial charge on any atom is 0.220 e. The number of halogens is 1. The Balaban J connectivity index is 2.23. The number of nitrogens with one attached hydrogen (secondary N) is 1. The van der Waals surface area contributed by atoms with Gasteiger partial charge in [-0.3, -0.25) is 4.79 Å². The molecule has 0 heterocycles. The van der Waals surface area contributed by atoms with Crippen molar-refractivity contribution in [3.63, 3.8) is 0 Å². The standard InChI is InChI=1S/C11H20BrNO/c1-2-3-8-11(14)13-10-7-5-4-6-9(10)12/h9-10H,2-8H2,1H3,(H,13,14). The smallest absolute Gasteiger partial charge is 0.220 e. The summed E-state index contributed by atoms with van der Waals surface area (Å²) in [7, 11) is 0. The van der Waals surface area contributed by atoms with Gasteiger partial charge in [0.15, 0.2) is 0 Å². The summed E-state index contributed by atoms with van der Waals surface area (Å²) in [6, 6.07) is 0.369. The second-order valence-electron chi connectivity index (χ2n) is 4.08. The molecule has 1 amide bonds. The van der Waals surface area contributed by atoms with E-state index in [2.05, 4.69) is 28.2 Å². The highest BCUT2D eigenvalue weighted by Gasteiger charge is 2.23. The van der Waals surface area contributed by atoms with Crippen molar-refractivity contribution >= 4 is 21.8 Å². The number of rotatable bonds is 4. The molecule has 1 saturated carbocycles. The van der Waals surface area contributed by atoms with Crippen molar-refractivity contribution in [2.24, 2.45) is 0 Å². The highest BCUT2D eigenvalue weighted by Crippen LogP contribution is 2.24. The number of alkyl halides is 1. The molecule has 1 aliphatic carbocycles. The molecule has 82 valence electrons. The van der Waals surface area contributed by atoms with Crippen molar-refractivity contribution in [3.8, 4) is 0 Å². The van der Waals surface area contributed by atoms with Crippen LogP contribution in [0.3, 0.4) is 0 Å². The van der Waals surface area contributed by atoms with Gasteiger partial charge in [0, 0.05) is 17.3 Å². The van der Waals surface area contributed by atoms with Crippen LogP contribution in [0, 0.1) is 0 Å². The van der Waals surface area contributed by atoms with E-state index in [0.717, 1.165) is 19.3 Å². The van der Waals surface area contributed by atoms with Crippen LogP contribution in [0.1, 0.15) is 51.9 Å². The van der Waals surface area contributed by atoms with Crippen LogP contribution in [-0.4, -0.2) is 16.8 Å². The van der Waals surface area contributed by atoms with Crippen LogP contribution in [-0.2, 0) is 4.79 Å². The molecule has 0 aromatic rings. The summed E-state index contributed by atoms with van der Waals surface area (Å²) in [4.78, 5) is 12.0. The largest absolute Gasteiger partial charge is 0.352 e. The molecule has 1 fully saturated rings. The SMILES string of the molecule is CCCCC(=O)NC1CCCCC1Br. The molecule has 2 nitrogen and oxygen atoms in total. The lowest BCUT2D eigenvalue weighted by atomic mass is 9.95. The topological polar surface area (TPSA) is 29.1 Å². The molecule has 2 unspecified atom stereocenters. The summed E-state index contributed by atoms with van der Waals surface area (Å²) in [6.45, 7) is 2.11. The summed E-state index contributed by atoms with van der Waals surface area (Å²) < 4.78 is 0. The first kappa shape index (κ1) is 12.0. The predicted octanol–water partition coefficient (Wildman–Crippen LogP) is 3.00. The third kappa shape index (κ3) is 3.99. The predicted molar refractivity (Wildman–Crippen MR) is 62.6 cm³/mol. The summed E-state index contributed by atoms with van der Waals surface area (Å²) in [6.07, 6.45) is 7.65. The van der Waals surface area contributed by atoms with E-state index in [-0.39, 0.29) is 5.91 Å². The average Bonchev–Trinajstić information content (AvgIpc) is 2.18. The van der Waals surface area contributed by atoms with Gasteiger partial charge in [0.2, 0.25) is 5.91 Å². The molecule has 3 heteroatoms. The Labute approximate surface area is 95.0 Å². The van der Waals surface area contributed by atoms with E-state index < -0.39 is 0 Å². The number of hydrogen-bond donors (Lipinski definition) is 1. The van der Waals surface area contributed by atoms with Crippen LogP contribution in [0.4, 0.5) is 0 Å². The number of carbonyl (C=O) groups excluding carboxylic acids is 1. The number of unbranched alkanes of at least 4 members (excludes halogenated alkanes) is 1. The van der Waals surface area contributed by atoms with Gasteiger partial charge in [-0.05, 0) is 19.3 Å². The second kappa shape index (κ2) is 6.44. The highest BCUT2D eigenvalue weighted by atomic mass is 79.9. The molecule has 14 heavy (non-hydrogen) atoms. The number of hydrogen-bond acceptors (Lipinski definition) is 1. The zero-order valence-electron chi connectivity index (χ0n) is 8.89. The van der Waals surface area contributed by atoms with Crippen LogP contribution < -0.4 is 5.32 Å². The molecule has 2 atom stereocenters. The van der Waals surface area contributed by atoms with Crippen molar-refractivity contribution in [1.82, 2.24) is 5.32 Å². The molecule has 0 radical (unpaired) electrons. The van der Waals surface area contributed by atoms with Gasteiger partial charge in [0.05, 0.1) is 0 Å². The minimum atomic E-state index is 0.225. The highest BCUT2D eigenvalue weighted by molar-refractivity contribution is 9.09. The van der Waals surface area contributed by atoms with Crippen molar-refractivity contribution in [2.45, 2.75) is 62.7 Å². The van der Waals surface area contributed by atoms with Crippen LogP contribution in [0.25, 0.3) is 0 Å². The fourth-order valence-electron chi connectivity index (χ4n) is 1.86. The first-order valence-corrected chi connectivity index (χ1v) is 6.59. The Kier molecular flexibility index (Phi) is 5.53. The van der Waals surface area contributed by atoms with Gasteiger partial charge in [-0.1, -0.05) is 42.1 Å². The minimum absolute atomic E-state index is 0.225. The van der Waals surface area contributed by atoms with Gasteiger partial charge in [0.1, 0.15) is 0 Å². The van der Waals surface area contributed by atoms with E-state index in [1.54, 1.807) is 0 Å². The fourth-order valence-corrected chi connectivity index (χ4v) is 2.58. The van der Waals surface area contributed by atoms with E-state index in [1.807, 2.05) is 0 Å². The first-order valence-electron chi connectivity index (χ1n) is 5.67. The average molecular weight is 262 g/mol. The monoisotopic (exact) mass is 261 g/mol. The van der Waals surface area contributed by atoms with Gasteiger partial charge in [-0.15, -0.1) is 0 Å². The fraction of sp³-hybridized carbons (Fsp3) is 0.909. The quantitative estimate of drug-likeness (QED) is 0.775. The number of carbonyl (C=O) groups is 1. The lowest BCUT2D eigenvalue weighted by Gasteiger charge is -2.28. The van der Waals surface area contributed by atoms with Gasteiger partial charge in [-0.2, -0.15) is 0 Å². The summed E-state index contributed by atoms with van der Waals surface area (Å²) in [5.74, 6) is 0.225. The summed E-state index contributed by atoms with van der Waals surface area (Å²) in [5.41, 5.74) is 0. The van der Waals surface area contributed by atoms with E-state index in [1.165, 1.54) is 19.3 Å². The molecule has 1 aliphatic rings. The molecule has 0 saturated heterocycles. The zero-order valence-corrected chi connectivity index (χ0v) is 10.5. The normalized spacial score (nSPS) is 27.3. The Morgan fingerprint density at radius 1 is 1.43 bits per heavy atom. The summed E-state index contributed by atoms with van der Waals surface area (Å²) in [5, 5.41) is 3.12. The molecule has 0 spiro atoms. The molecule has 1 N–H and O–H groups in total. The Hall–Kier alpha value is -0.0500. The summed E-state index contributed by atoms with van der Waals surface area (Å²) >= 11 is 3.64. The molecular weight excluding hydrogens is 242 g/mol. The molecule has 1 rings (SSSR count). The zero-order chi connectivity index (χ0) is 10.4. The second-order valence-corrected chi connectivity index (χ2v) is 5.25. The van der Waals surface area contributed by atoms with Crippen molar-refractivity contribution < 1.29 is 4.79 Å². The van der Waals surface area contributed by atoms with Crippen LogP contribution >= 0.6 is 15.9 Å². The van der Waals surface area contributed by atoms with Crippen molar-refractivity contribution in [3.05, 3.63) is 0 Å².